The number of nitrogens with zero attached hydrogens (tertiary/aromatic N) is 1. The van der Waals surface area contributed by atoms with Crippen LogP contribution in [-0.2, 0) is 9.63 Å². The number of rotatable bonds is 5. The standard InChI is InChI=1S/C8H18N2O2/c1-8(11)9-12-7-5-6-10(2,3)4/h5-7H2,1-4H3/p+1. The SMILES string of the molecule is CC(=O)NOCCC[N+](C)(C)C. The van der Waals surface area contributed by atoms with Crippen LogP contribution in [0.1, 0.15) is 13.3 Å². The number of hydrogen-bond donors (Lipinski definition) is 1. The zero-order valence-corrected chi connectivity index (χ0v) is 8.39. The van der Waals surface area contributed by atoms with Gasteiger partial charge in [-0.3, -0.25) is 9.63 Å². The lowest BCUT2D eigenvalue weighted by molar-refractivity contribution is -0.870. The Morgan fingerprint density at radius 2 is 2.00 bits per heavy atom. The number of hydrogen-bond acceptors (Lipinski definition) is 2. The molecule has 0 saturated heterocycles. The van der Waals surface area contributed by atoms with Gasteiger partial charge in [0.15, 0.2) is 0 Å². The number of quaternary nitrogens is 1. The minimum absolute atomic E-state index is 0.153. The van der Waals surface area contributed by atoms with Crippen LogP contribution in [0.15, 0.2) is 0 Å². The summed E-state index contributed by atoms with van der Waals surface area (Å²) in [5, 5.41) is 0. The molecule has 0 fully saturated rings. The Morgan fingerprint density at radius 3 is 2.42 bits per heavy atom. The minimum atomic E-state index is -0.153. The van der Waals surface area contributed by atoms with Crippen LogP contribution >= 0.6 is 0 Å². The molecule has 0 rings (SSSR count). The molecule has 4 nitrogen and oxygen atoms in total. The first-order valence-corrected chi connectivity index (χ1v) is 4.10. The van der Waals surface area contributed by atoms with E-state index in [-0.39, 0.29) is 5.91 Å². The summed E-state index contributed by atoms with van der Waals surface area (Å²) in [6.07, 6.45) is 0.948. The highest BCUT2D eigenvalue weighted by Crippen LogP contribution is 1.92. The zero-order valence-electron chi connectivity index (χ0n) is 8.39. The van der Waals surface area contributed by atoms with E-state index in [4.69, 9.17) is 4.84 Å². The fourth-order valence-corrected chi connectivity index (χ4v) is 0.764. The molecule has 0 aromatic rings. The molecule has 0 saturated carbocycles. The van der Waals surface area contributed by atoms with Gasteiger partial charge < -0.3 is 4.48 Å². The van der Waals surface area contributed by atoms with Crippen LogP contribution in [0.2, 0.25) is 0 Å². The van der Waals surface area contributed by atoms with Crippen LogP contribution in [0.4, 0.5) is 0 Å². The third-order valence-electron chi connectivity index (χ3n) is 1.29. The summed E-state index contributed by atoms with van der Waals surface area (Å²) in [6.45, 7) is 3.05. The van der Waals surface area contributed by atoms with Crippen molar-refractivity contribution in [3.63, 3.8) is 0 Å². The van der Waals surface area contributed by atoms with E-state index in [1.165, 1.54) is 6.92 Å². The number of amides is 1. The second-order valence-electron chi connectivity index (χ2n) is 3.87. The average molecular weight is 175 g/mol. The lowest BCUT2D eigenvalue weighted by atomic mass is 10.4. The molecule has 1 amide bonds. The Balaban J connectivity index is 3.17. The summed E-state index contributed by atoms with van der Waals surface area (Å²) < 4.78 is 0.920. The van der Waals surface area contributed by atoms with Crippen molar-refractivity contribution in [3.05, 3.63) is 0 Å². The lowest BCUT2D eigenvalue weighted by Gasteiger charge is -2.23. The molecule has 72 valence electrons. The maximum absolute atomic E-state index is 10.4. The van der Waals surface area contributed by atoms with Gasteiger partial charge in [0.2, 0.25) is 5.91 Å². The van der Waals surface area contributed by atoms with E-state index >= 15 is 0 Å². The van der Waals surface area contributed by atoms with Gasteiger partial charge in [-0.15, -0.1) is 0 Å². The Bertz CT molecular complexity index is 140. The van der Waals surface area contributed by atoms with Crippen LogP contribution in [0.25, 0.3) is 0 Å². The molecule has 4 heteroatoms. The van der Waals surface area contributed by atoms with Gasteiger partial charge in [-0.05, 0) is 0 Å². The molecule has 0 aromatic carbocycles. The molecule has 0 spiro atoms. The summed E-state index contributed by atoms with van der Waals surface area (Å²) in [6, 6.07) is 0. The van der Waals surface area contributed by atoms with Gasteiger partial charge in [-0.25, -0.2) is 5.48 Å². The second-order valence-corrected chi connectivity index (χ2v) is 3.87. The third kappa shape index (κ3) is 9.39. The molecule has 0 aliphatic heterocycles. The molecule has 0 radical (unpaired) electrons. The van der Waals surface area contributed by atoms with Gasteiger partial charge in [0.05, 0.1) is 34.3 Å². The molecular formula is C8H19N2O2+. The number of nitrogens with one attached hydrogen (secondary N) is 1. The highest BCUT2D eigenvalue weighted by atomic mass is 16.6. The van der Waals surface area contributed by atoms with Crippen LogP contribution in [-0.4, -0.2) is 44.7 Å². The smallest absolute Gasteiger partial charge is 0.240 e. The Kier molecular flexibility index (Phi) is 4.85. The minimum Gasteiger partial charge on any atom is -0.331 e. The van der Waals surface area contributed by atoms with Crippen molar-refractivity contribution in [2.24, 2.45) is 0 Å². The molecule has 0 heterocycles. The molecule has 0 aliphatic rings. The molecule has 0 bridgehead atoms. The van der Waals surface area contributed by atoms with Crippen molar-refractivity contribution < 1.29 is 14.1 Å². The number of carbonyl (C=O) groups excluding carboxylic acids is 1. The Morgan fingerprint density at radius 1 is 1.42 bits per heavy atom. The highest BCUT2D eigenvalue weighted by molar-refractivity contribution is 5.71. The van der Waals surface area contributed by atoms with E-state index < -0.39 is 0 Å². The normalized spacial score (nSPS) is 11.3. The van der Waals surface area contributed by atoms with E-state index in [0.717, 1.165) is 17.4 Å². The van der Waals surface area contributed by atoms with Gasteiger partial charge in [0.1, 0.15) is 0 Å². The number of carbonyl (C=O) groups is 1. The first kappa shape index (κ1) is 11.4. The summed E-state index contributed by atoms with van der Waals surface area (Å²) in [4.78, 5) is 15.2. The molecular weight excluding hydrogens is 156 g/mol. The summed E-state index contributed by atoms with van der Waals surface area (Å²) in [5.74, 6) is -0.153. The van der Waals surface area contributed by atoms with Gasteiger partial charge >= 0.3 is 0 Å². The fraction of sp³-hybridized carbons (Fsp3) is 0.875. The van der Waals surface area contributed by atoms with E-state index in [2.05, 4.69) is 26.6 Å². The molecule has 0 unspecified atom stereocenters. The molecule has 0 aromatic heterocycles. The quantitative estimate of drug-likeness (QED) is 0.367. The van der Waals surface area contributed by atoms with E-state index in [1.807, 2.05) is 0 Å². The molecule has 0 atom stereocenters. The number of hydroxylamine groups is 1. The third-order valence-corrected chi connectivity index (χ3v) is 1.29. The van der Waals surface area contributed by atoms with Crippen molar-refractivity contribution in [1.82, 2.24) is 5.48 Å². The molecule has 12 heavy (non-hydrogen) atoms. The highest BCUT2D eigenvalue weighted by Gasteiger charge is 2.05. The largest absolute Gasteiger partial charge is 0.331 e. The van der Waals surface area contributed by atoms with Gasteiger partial charge in [0.25, 0.3) is 0 Å². The average Bonchev–Trinajstić information content (AvgIpc) is 1.83. The first-order valence-electron chi connectivity index (χ1n) is 4.10. The van der Waals surface area contributed by atoms with Crippen molar-refractivity contribution in [2.45, 2.75) is 13.3 Å². The monoisotopic (exact) mass is 175 g/mol. The second kappa shape index (κ2) is 5.11. The van der Waals surface area contributed by atoms with Gasteiger partial charge in [0, 0.05) is 13.3 Å². The maximum Gasteiger partial charge on any atom is 0.240 e. The van der Waals surface area contributed by atoms with Crippen LogP contribution in [0.5, 0.6) is 0 Å². The van der Waals surface area contributed by atoms with Crippen molar-refractivity contribution >= 4 is 5.91 Å². The summed E-state index contributed by atoms with van der Waals surface area (Å²) >= 11 is 0. The van der Waals surface area contributed by atoms with E-state index in [0.29, 0.717) is 6.61 Å². The molecule has 1 N–H and O–H groups in total. The molecule has 0 aliphatic carbocycles. The van der Waals surface area contributed by atoms with E-state index in [1.54, 1.807) is 0 Å². The van der Waals surface area contributed by atoms with Crippen molar-refractivity contribution in [2.75, 3.05) is 34.3 Å². The van der Waals surface area contributed by atoms with E-state index in [9.17, 15) is 4.79 Å². The van der Waals surface area contributed by atoms with Crippen molar-refractivity contribution in [3.8, 4) is 0 Å². The van der Waals surface area contributed by atoms with Gasteiger partial charge in [-0.1, -0.05) is 0 Å². The predicted molar refractivity (Wildman–Crippen MR) is 47.3 cm³/mol. The fourth-order valence-electron chi connectivity index (χ4n) is 0.764. The summed E-state index contributed by atoms with van der Waals surface area (Å²) in [5.41, 5.74) is 2.29. The zero-order chi connectivity index (χ0) is 9.61. The predicted octanol–water partition coefficient (Wildman–Crippen LogP) is 0.150. The van der Waals surface area contributed by atoms with Crippen LogP contribution in [0.3, 0.4) is 0 Å². The Labute approximate surface area is 74.0 Å². The first-order chi connectivity index (χ1) is 5.42. The summed E-state index contributed by atoms with van der Waals surface area (Å²) in [7, 11) is 6.37. The topological polar surface area (TPSA) is 38.3 Å². The van der Waals surface area contributed by atoms with Crippen molar-refractivity contribution in [1.29, 1.82) is 0 Å². The Hall–Kier alpha value is -0.610. The maximum atomic E-state index is 10.4. The van der Waals surface area contributed by atoms with Gasteiger partial charge in [-0.2, -0.15) is 0 Å². The lowest BCUT2D eigenvalue weighted by Crippen LogP contribution is -2.36. The van der Waals surface area contributed by atoms with Crippen LogP contribution in [0, 0.1) is 0 Å². The van der Waals surface area contributed by atoms with Crippen LogP contribution < -0.4 is 5.48 Å².